The first-order valence-electron chi connectivity index (χ1n) is 13.5. The number of amides is 5. The number of thiazole rings is 1. The van der Waals surface area contributed by atoms with E-state index < -0.39 is 92.7 Å². The van der Waals surface area contributed by atoms with Crippen LogP contribution in [0.3, 0.4) is 0 Å². The number of aromatic nitrogens is 1. The maximum Gasteiger partial charge on any atom is 1.00 e. The van der Waals surface area contributed by atoms with Crippen molar-refractivity contribution >= 4 is 97.1 Å². The van der Waals surface area contributed by atoms with Gasteiger partial charge in [0.25, 0.3) is 17.5 Å². The molecule has 26 heteroatoms. The molecule has 2 atom stereocenters. The molecule has 2 aromatic rings. The molecule has 0 bridgehead atoms. The number of hydrogen-bond donors (Lipinski definition) is 3. The molecule has 1 aliphatic rings. The van der Waals surface area contributed by atoms with Crippen molar-refractivity contribution in [3.8, 4) is 0 Å². The van der Waals surface area contributed by atoms with Gasteiger partial charge in [-0.1, -0.05) is 5.16 Å². The van der Waals surface area contributed by atoms with Crippen LogP contribution in [0.15, 0.2) is 34.8 Å². The Morgan fingerprint density at radius 3 is 2.29 bits per heavy atom. The fraction of sp³-hybridized carbons (Fsp3) is 0.360. The van der Waals surface area contributed by atoms with Crippen LogP contribution in [0, 0.1) is 10.1 Å². The number of halogens is 2. The van der Waals surface area contributed by atoms with Crippen molar-refractivity contribution in [3.05, 3.63) is 51.0 Å². The molecule has 1 aliphatic heterocycles. The summed E-state index contributed by atoms with van der Waals surface area (Å²) in [6.07, 6.45) is -1.41. The number of imide groups is 1. The number of alkyl carbamates (subject to hydrolysis) is 1. The van der Waals surface area contributed by atoms with Crippen LogP contribution in [0.1, 0.15) is 25.1 Å². The molecule has 270 valence electrons. The summed E-state index contributed by atoms with van der Waals surface area (Å²) in [7, 11) is -5.48. The Hall–Kier alpha value is -3.97. The fourth-order valence-electron chi connectivity index (χ4n) is 3.70. The summed E-state index contributed by atoms with van der Waals surface area (Å²) in [5.41, 5.74) is -2.74. The van der Waals surface area contributed by atoms with Gasteiger partial charge in [0.15, 0.2) is 21.1 Å². The van der Waals surface area contributed by atoms with E-state index in [0.717, 1.165) is 11.3 Å². The van der Waals surface area contributed by atoms with Crippen molar-refractivity contribution < 1.29 is 90.5 Å². The van der Waals surface area contributed by atoms with E-state index >= 15 is 0 Å². The summed E-state index contributed by atoms with van der Waals surface area (Å²) in [5.74, 6) is -6.45. The van der Waals surface area contributed by atoms with Gasteiger partial charge in [-0.25, -0.2) is 27.3 Å². The monoisotopic (exact) mass is 803 g/mol. The first-order chi connectivity index (χ1) is 23.4. The SMILES string of the molecule is CC(C)(O/N=C(\C(=O)N[C@H]1C(=O)N(S(=O)(=O)[O-])[C@H]1COC(=O)NC(=O)CCl)c1csc(NC(=O)CCl)n1)C(=O)OCc1ccc([N+](=O)[O-])cc1.[Na+]. The Bertz CT molecular complexity index is 1830. The van der Waals surface area contributed by atoms with Crippen LogP contribution in [0.2, 0.25) is 0 Å². The van der Waals surface area contributed by atoms with Gasteiger partial charge in [-0.3, -0.25) is 34.6 Å². The average molecular weight is 805 g/mol. The van der Waals surface area contributed by atoms with Crippen molar-refractivity contribution in [3.63, 3.8) is 0 Å². The standard InChI is InChI=1S/C25H25Cl2N7O14S2.Na/c1-25(2,22(39)46-9-12-3-5-13(6-4-12)34(41)42)48-32-18(14-11-49-23(28-14)29-16(35)7-26)20(37)31-19-15(33(21(19)38)50(43,44)45)10-47-24(40)30-17(36)8-27;/h3-6,11,15,19H,7-10H2,1-2H3,(H,31,37)(H,28,29,35)(H,30,36,40)(H,43,44,45);/q;+1/p-1/b32-18-;/t15-,19+;/m0./s1. The van der Waals surface area contributed by atoms with Gasteiger partial charge in [-0.05, 0) is 31.5 Å². The van der Waals surface area contributed by atoms with Gasteiger partial charge in [0.2, 0.25) is 17.4 Å². The van der Waals surface area contributed by atoms with E-state index in [9.17, 15) is 51.9 Å². The maximum atomic E-state index is 13.5. The van der Waals surface area contributed by atoms with Crippen molar-refractivity contribution in [2.24, 2.45) is 5.16 Å². The quantitative estimate of drug-likeness (QED) is 0.0238. The number of alkyl halides is 2. The third-order valence-corrected chi connectivity index (χ3v) is 8.32. The molecule has 1 aromatic heterocycles. The number of carbonyl (C=O) groups excluding carboxylic acids is 6. The minimum Gasteiger partial charge on any atom is -0.731 e. The van der Waals surface area contributed by atoms with E-state index in [-0.39, 0.29) is 57.0 Å². The topological polar surface area (TPSA) is 295 Å². The van der Waals surface area contributed by atoms with E-state index in [1.807, 2.05) is 0 Å². The molecule has 2 heterocycles. The molecule has 0 spiro atoms. The van der Waals surface area contributed by atoms with Crippen LogP contribution in [0.25, 0.3) is 0 Å². The van der Waals surface area contributed by atoms with E-state index in [4.69, 9.17) is 37.5 Å². The van der Waals surface area contributed by atoms with Crippen molar-refractivity contribution in [1.82, 2.24) is 19.9 Å². The van der Waals surface area contributed by atoms with Crippen molar-refractivity contribution in [2.75, 3.05) is 23.7 Å². The molecule has 1 aromatic carbocycles. The molecule has 5 amide bonds. The van der Waals surface area contributed by atoms with Gasteiger partial charge >= 0.3 is 41.6 Å². The number of ether oxygens (including phenoxy) is 2. The molecule has 1 saturated heterocycles. The number of benzene rings is 1. The van der Waals surface area contributed by atoms with Crippen LogP contribution >= 0.6 is 34.5 Å². The summed E-state index contributed by atoms with van der Waals surface area (Å²) in [6, 6.07) is 1.50. The predicted molar refractivity (Wildman–Crippen MR) is 169 cm³/mol. The Balaban J connectivity index is 0.00000901. The number of carbonyl (C=O) groups is 6. The van der Waals surface area contributed by atoms with Crippen LogP contribution in [0.5, 0.6) is 0 Å². The molecule has 51 heavy (non-hydrogen) atoms. The predicted octanol–water partition coefficient (Wildman–Crippen LogP) is -2.88. The van der Waals surface area contributed by atoms with Crippen LogP contribution in [-0.2, 0) is 55.2 Å². The fourth-order valence-corrected chi connectivity index (χ4v) is 5.39. The second-order valence-electron chi connectivity index (χ2n) is 10.2. The number of β-lactam (4-membered cyclic amide) rings is 1. The molecular weight excluding hydrogens is 780 g/mol. The van der Waals surface area contributed by atoms with Gasteiger partial charge in [0.05, 0.1) is 4.92 Å². The summed E-state index contributed by atoms with van der Waals surface area (Å²) in [4.78, 5) is 93.4. The zero-order chi connectivity index (χ0) is 37.4. The second kappa shape index (κ2) is 18.5. The van der Waals surface area contributed by atoms with Gasteiger partial charge in [0.1, 0.15) is 42.8 Å². The third-order valence-electron chi connectivity index (χ3n) is 6.15. The van der Waals surface area contributed by atoms with Gasteiger partial charge in [-0.15, -0.1) is 34.5 Å². The number of nitrogens with one attached hydrogen (secondary N) is 3. The molecule has 0 aliphatic carbocycles. The number of rotatable bonds is 15. The number of nitrogens with zero attached hydrogens (tertiary/aromatic N) is 4. The number of hydrogen-bond acceptors (Lipinski definition) is 17. The second-order valence-corrected chi connectivity index (χ2v) is 12.8. The zero-order valence-corrected chi connectivity index (χ0v) is 31.6. The van der Waals surface area contributed by atoms with Crippen molar-refractivity contribution in [2.45, 2.75) is 38.1 Å². The first kappa shape index (κ1) is 43.2. The number of non-ortho nitro benzene ring substituents is 1. The molecule has 3 rings (SSSR count). The van der Waals surface area contributed by atoms with E-state index in [0.29, 0.717) is 5.56 Å². The summed E-state index contributed by atoms with van der Waals surface area (Å²) < 4.78 is 44.8. The van der Waals surface area contributed by atoms with E-state index in [1.165, 1.54) is 43.5 Å². The normalized spacial score (nSPS) is 15.7. The number of esters is 1. The molecule has 1 fully saturated rings. The Kier molecular flexibility index (Phi) is 15.7. The summed E-state index contributed by atoms with van der Waals surface area (Å²) >= 11 is 11.6. The van der Waals surface area contributed by atoms with Crippen LogP contribution in [-0.4, -0.2) is 105 Å². The first-order valence-corrected chi connectivity index (χ1v) is 16.8. The van der Waals surface area contributed by atoms with Gasteiger partial charge in [0, 0.05) is 17.5 Å². The van der Waals surface area contributed by atoms with Crippen LogP contribution in [0.4, 0.5) is 15.6 Å². The van der Waals surface area contributed by atoms with Gasteiger partial charge in [-0.2, -0.15) is 0 Å². The minimum atomic E-state index is -5.48. The minimum absolute atomic E-state index is 0. The number of anilines is 1. The largest absolute Gasteiger partial charge is 1.00 e. The maximum absolute atomic E-state index is 13.5. The molecule has 21 nitrogen and oxygen atoms in total. The Morgan fingerprint density at radius 1 is 1.10 bits per heavy atom. The Morgan fingerprint density at radius 2 is 1.73 bits per heavy atom. The van der Waals surface area contributed by atoms with E-state index in [2.05, 4.69) is 20.8 Å². The molecule has 0 radical (unpaired) electrons. The number of oxime groups is 1. The number of nitro groups is 1. The summed E-state index contributed by atoms with van der Waals surface area (Å²) in [6.45, 7) is 1.08. The third kappa shape index (κ3) is 11.8. The summed E-state index contributed by atoms with van der Waals surface area (Å²) in [5, 5.41) is 21.9. The van der Waals surface area contributed by atoms with Gasteiger partial charge < -0.3 is 29.5 Å². The smallest absolute Gasteiger partial charge is 0.731 e. The number of nitro benzene ring substituents is 1. The van der Waals surface area contributed by atoms with Crippen LogP contribution < -0.4 is 45.5 Å². The van der Waals surface area contributed by atoms with E-state index in [1.54, 1.807) is 5.32 Å². The molecular formula is C25H24Cl2N7NaO14S2. The van der Waals surface area contributed by atoms with Crippen molar-refractivity contribution in [1.29, 1.82) is 0 Å². The molecule has 3 N–H and O–H groups in total. The molecule has 0 unspecified atom stereocenters. The average Bonchev–Trinajstić information content (AvgIpc) is 3.51. The zero-order valence-electron chi connectivity index (χ0n) is 26.4. The Labute approximate surface area is 323 Å². The molecule has 0 saturated carbocycles.